The average Bonchev–Trinajstić information content (AvgIpc) is 4.00. The van der Waals surface area contributed by atoms with E-state index in [1.807, 2.05) is 0 Å². The molecule has 0 spiro atoms. The zero-order valence-electron chi connectivity index (χ0n) is 36.3. The zero-order chi connectivity index (χ0) is 42.5. The number of phosphoric acid groups is 1. The molecule has 6 aromatic rings. The van der Waals surface area contributed by atoms with Crippen LogP contribution in [0.2, 0.25) is 0 Å². The van der Waals surface area contributed by atoms with E-state index in [1.54, 1.807) is 0 Å². The lowest BCUT2D eigenvalue weighted by Gasteiger charge is -2.22. The Morgan fingerprint density at radius 2 is 0.661 bits per heavy atom. The summed E-state index contributed by atoms with van der Waals surface area (Å²) >= 11 is 0. The van der Waals surface area contributed by atoms with Crippen LogP contribution in [-0.2, 0) is 37.4 Å². The van der Waals surface area contributed by atoms with Gasteiger partial charge in [-0.25, -0.2) is 4.57 Å². The van der Waals surface area contributed by atoms with Gasteiger partial charge < -0.3 is 0 Å². The van der Waals surface area contributed by atoms with Crippen molar-refractivity contribution in [2.24, 2.45) is 0 Å². The first-order chi connectivity index (χ1) is 30.5. The number of hydrogen-bond acceptors (Lipinski definition) is 4. The lowest BCUT2D eigenvalue weighted by atomic mass is 9.87. The first-order valence-electron chi connectivity index (χ1n) is 22.7. The van der Waals surface area contributed by atoms with Crippen LogP contribution in [0.25, 0.3) is 34.9 Å². The molecule has 62 heavy (non-hydrogen) atoms. The SMILES string of the molecule is CCC1C(c2ccccc2CCOP(=O)(OCCc2ccccc2C2=Cc3ccccc3C2CC)OCCc2ccccc2C2=Cc3ccccc3C2CC)=Cc2ccccc21. The summed E-state index contributed by atoms with van der Waals surface area (Å²) in [6.45, 7) is 7.37. The van der Waals surface area contributed by atoms with Crippen LogP contribution in [0.4, 0.5) is 0 Å². The van der Waals surface area contributed by atoms with Gasteiger partial charge in [0.2, 0.25) is 0 Å². The number of hydrogen-bond donors (Lipinski definition) is 0. The third-order valence-electron chi connectivity index (χ3n) is 13.2. The summed E-state index contributed by atoms with van der Waals surface area (Å²) in [5, 5.41) is 0. The van der Waals surface area contributed by atoms with Crippen molar-refractivity contribution in [3.8, 4) is 0 Å². The maximum atomic E-state index is 14.8. The van der Waals surface area contributed by atoms with Crippen LogP contribution in [0.5, 0.6) is 0 Å². The van der Waals surface area contributed by atoms with E-state index in [1.165, 1.54) is 66.8 Å². The topological polar surface area (TPSA) is 44.8 Å². The molecule has 0 N–H and O–H groups in total. The minimum Gasteiger partial charge on any atom is -0.287 e. The van der Waals surface area contributed by atoms with Crippen LogP contribution < -0.4 is 0 Å². The third kappa shape index (κ3) is 8.55. The molecule has 0 radical (unpaired) electrons. The molecule has 0 saturated heterocycles. The Hall–Kier alpha value is -5.35. The van der Waals surface area contributed by atoms with Crippen molar-refractivity contribution in [2.75, 3.05) is 19.8 Å². The summed E-state index contributed by atoms with van der Waals surface area (Å²) in [6, 6.07) is 51.7. The first-order valence-corrected chi connectivity index (χ1v) is 24.1. The minimum absolute atomic E-state index is 0.200. The number of allylic oxidation sites excluding steroid dienone is 3. The van der Waals surface area contributed by atoms with E-state index in [4.69, 9.17) is 13.6 Å². The highest BCUT2D eigenvalue weighted by atomic mass is 31.2. The van der Waals surface area contributed by atoms with E-state index >= 15 is 0 Å². The van der Waals surface area contributed by atoms with Crippen LogP contribution in [-0.4, -0.2) is 19.8 Å². The van der Waals surface area contributed by atoms with E-state index in [9.17, 15) is 4.57 Å². The van der Waals surface area contributed by atoms with Crippen LogP contribution in [0.1, 0.15) is 125 Å². The maximum absolute atomic E-state index is 14.8. The van der Waals surface area contributed by atoms with E-state index in [0.717, 1.165) is 36.0 Å². The van der Waals surface area contributed by atoms with Gasteiger partial charge in [-0.3, -0.25) is 13.6 Å². The molecule has 3 aliphatic carbocycles. The molecular formula is C57H57O4P. The summed E-state index contributed by atoms with van der Waals surface area (Å²) in [5.74, 6) is 1.00. The molecule has 6 aromatic carbocycles. The van der Waals surface area contributed by atoms with Crippen molar-refractivity contribution >= 4 is 42.8 Å². The molecule has 0 amide bonds. The highest BCUT2D eigenvalue weighted by Crippen LogP contribution is 2.51. The molecule has 0 heterocycles. The highest BCUT2D eigenvalue weighted by Gasteiger charge is 2.31. The van der Waals surface area contributed by atoms with E-state index < -0.39 is 7.82 Å². The molecule has 0 aliphatic heterocycles. The second-order valence-electron chi connectivity index (χ2n) is 16.7. The molecule has 9 rings (SSSR count). The van der Waals surface area contributed by atoms with Crippen LogP contribution in [0, 0.1) is 0 Å². The second kappa shape index (κ2) is 19.0. The van der Waals surface area contributed by atoms with E-state index in [0.29, 0.717) is 37.0 Å². The zero-order valence-corrected chi connectivity index (χ0v) is 37.2. The standard InChI is InChI=1S/C57H57O4P/c1-4-46-52-28-16-10-22-43(52)37-55(46)49-25-13-7-19-40(49)31-34-59-62(58,60-35-32-41-20-8-14-26-50(41)56-38-44-23-11-17-29-53(44)47(56)5-2)61-36-33-42-21-9-15-27-51(42)57-39-45-24-12-18-30-54(45)48(57)6-3/h7-30,37-39,46-48H,4-6,31-36H2,1-3H3. The fraction of sp³-hybridized carbons (Fsp3) is 0.263. The minimum atomic E-state index is -3.99. The lowest BCUT2D eigenvalue weighted by molar-refractivity contribution is 0.116. The lowest BCUT2D eigenvalue weighted by Crippen LogP contribution is -2.10. The maximum Gasteiger partial charge on any atom is 0.474 e. The van der Waals surface area contributed by atoms with Gasteiger partial charge in [-0.05, 0) is 122 Å². The van der Waals surface area contributed by atoms with Crippen molar-refractivity contribution in [1.29, 1.82) is 0 Å². The van der Waals surface area contributed by atoms with Crippen molar-refractivity contribution in [1.82, 2.24) is 0 Å². The molecule has 314 valence electrons. The Labute approximate surface area is 368 Å². The number of phosphoric ester groups is 1. The van der Waals surface area contributed by atoms with Crippen LogP contribution in [0.15, 0.2) is 146 Å². The quantitative estimate of drug-likeness (QED) is 0.0809. The summed E-state index contributed by atoms with van der Waals surface area (Å²) in [5.41, 5.74) is 19.1. The Bertz CT molecular complexity index is 2410. The van der Waals surface area contributed by atoms with Crippen molar-refractivity contribution in [2.45, 2.75) is 77.0 Å². The normalized spacial score (nSPS) is 18.4. The van der Waals surface area contributed by atoms with Gasteiger partial charge in [-0.15, -0.1) is 0 Å². The molecule has 4 nitrogen and oxygen atoms in total. The number of benzene rings is 6. The third-order valence-corrected chi connectivity index (χ3v) is 14.7. The molecule has 0 bridgehead atoms. The molecule has 5 heteroatoms. The fourth-order valence-corrected chi connectivity index (χ4v) is 11.4. The van der Waals surface area contributed by atoms with E-state index in [2.05, 4.69) is 185 Å². The van der Waals surface area contributed by atoms with Gasteiger partial charge in [0.15, 0.2) is 0 Å². The van der Waals surface area contributed by atoms with Crippen LogP contribution >= 0.6 is 7.82 Å². The molecule has 3 aliphatic rings. The van der Waals surface area contributed by atoms with Crippen molar-refractivity contribution in [3.63, 3.8) is 0 Å². The van der Waals surface area contributed by atoms with Gasteiger partial charge in [0.25, 0.3) is 0 Å². The Morgan fingerprint density at radius 3 is 0.968 bits per heavy atom. The summed E-state index contributed by atoms with van der Waals surface area (Å²) in [7, 11) is -3.99. The van der Waals surface area contributed by atoms with Gasteiger partial charge in [0, 0.05) is 17.8 Å². The average molecular weight is 837 g/mol. The highest BCUT2D eigenvalue weighted by molar-refractivity contribution is 7.48. The number of fused-ring (bicyclic) bond motifs is 3. The molecule has 0 saturated carbocycles. The fourth-order valence-electron chi connectivity index (χ4n) is 10.3. The predicted octanol–water partition coefficient (Wildman–Crippen LogP) is 15.0. The Balaban J connectivity index is 0.932. The molecule has 3 unspecified atom stereocenters. The number of rotatable bonds is 18. The second-order valence-corrected chi connectivity index (χ2v) is 18.4. The van der Waals surface area contributed by atoms with Gasteiger partial charge >= 0.3 is 7.82 Å². The molecule has 0 fully saturated rings. The first kappa shape index (κ1) is 42.0. The summed E-state index contributed by atoms with van der Waals surface area (Å²) in [4.78, 5) is 0. The van der Waals surface area contributed by atoms with Gasteiger partial charge in [-0.2, -0.15) is 0 Å². The smallest absolute Gasteiger partial charge is 0.287 e. The monoisotopic (exact) mass is 836 g/mol. The summed E-state index contributed by atoms with van der Waals surface area (Å²) in [6.07, 6.45) is 11.8. The van der Waals surface area contributed by atoms with Gasteiger partial charge in [0.05, 0.1) is 19.8 Å². The Kier molecular flexibility index (Phi) is 12.8. The van der Waals surface area contributed by atoms with Gasteiger partial charge in [-0.1, -0.05) is 185 Å². The van der Waals surface area contributed by atoms with Crippen molar-refractivity contribution < 1.29 is 18.1 Å². The van der Waals surface area contributed by atoms with Crippen LogP contribution in [0.3, 0.4) is 0 Å². The van der Waals surface area contributed by atoms with Gasteiger partial charge in [0.1, 0.15) is 0 Å². The largest absolute Gasteiger partial charge is 0.474 e. The Morgan fingerprint density at radius 1 is 0.387 bits per heavy atom. The summed E-state index contributed by atoms with van der Waals surface area (Å²) < 4.78 is 33.8. The van der Waals surface area contributed by atoms with E-state index in [-0.39, 0.29) is 19.8 Å². The van der Waals surface area contributed by atoms with Crippen molar-refractivity contribution in [3.05, 3.63) is 212 Å². The molecule has 0 aromatic heterocycles. The molecular weight excluding hydrogens is 780 g/mol. The molecule has 3 atom stereocenters. The predicted molar refractivity (Wildman–Crippen MR) is 258 cm³/mol.